The van der Waals surface area contributed by atoms with Crippen LogP contribution in [0.3, 0.4) is 0 Å². The zero-order valence-electron chi connectivity index (χ0n) is 12.1. The molecular weight excluding hydrogens is 258 g/mol. The molecule has 0 bridgehead atoms. The maximum absolute atomic E-state index is 11.8. The number of hydrogen-bond acceptors (Lipinski definition) is 5. The van der Waals surface area contributed by atoms with Crippen molar-refractivity contribution in [3.8, 4) is 0 Å². The molecule has 0 fully saturated rings. The first-order valence-electron chi connectivity index (χ1n) is 6.82. The number of ether oxygens (including phenoxy) is 2. The van der Waals surface area contributed by atoms with E-state index in [0.29, 0.717) is 31.9 Å². The van der Waals surface area contributed by atoms with E-state index in [2.05, 4.69) is 22.5 Å². The number of pyridine rings is 1. The number of amides is 1. The lowest BCUT2D eigenvalue weighted by Gasteiger charge is -2.07. The summed E-state index contributed by atoms with van der Waals surface area (Å²) in [5.74, 6) is 0.640. The summed E-state index contributed by atoms with van der Waals surface area (Å²) in [4.78, 5) is 16.0. The molecule has 1 aromatic rings. The van der Waals surface area contributed by atoms with Gasteiger partial charge in [-0.05, 0) is 18.6 Å². The van der Waals surface area contributed by atoms with Gasteiger partial charge < -0.3 is 20.1 Å². The Morgan fingerprint density at radius 2 is 2.10 bits per heavy atom. The van der Waals surface area contributed by atoms with Crippen LogP contribution in [0.25, 0.3) is 0 Å². The monoisotopic (exact) mass is 281 g/mol. The van der Waals surface area contributed by atoms with Gasteiger partial charge in [-0.25, -0.2) is 4.98 Å². The molecule has 0 unspecified atom stereocenters. The summed E-state index contributed by atoms with van der Waals surface area (Å²) in [6.45, 7) is 4.99. The van der Waals surface area contributed by atoms with Crippen molar-refractivity contribution in [2.45, 2.75) is 13.3 Å². The minimum atomic E-state index is -0.144. The Hall–Kier alpha value is -1.66. The molecule has 0 saturated heterocycles. The second-order valence-corrected chi connectivity index (χ2v) is 4.22. The van der Waals surface area contributed by atoms with Crippen LogP contribution >= 0.6 is 0 Å². The van der Waals surface area contributed by atoms with E-state index >= 15 is 0 Å². The van der Waals surface area contributed by atoms with Crippen LogP contribution in [-0.2, 0) is 9.47 Å². The third kappa shape index (κ3) is 6.49. The van der Waals surface area contributed by atoms with E-state index in [-0.39, 0.29) is 5.91 Å². The quantitative estimate of drug-likeness (QED) is 0.632. The van der Waals surface area contributed by atoms with E-state index in [1.165, 1.54) is 0 Å². The molecule has 6 nitrogen and oxygen atoms in total. The van der Waals surface area contributed by atoms with Crippen LogP contribution in [0, 0.1) is 0 Å². The summed E-state index contributed by atoms with van der Waals surface area (Å²) in [5.41, 5.74) is 0.545. The predicted molar refractivity (Wildman–Crippen MR) is 78.0 cm³/mol. The van der Waals surface area contributed by atoms with E-state index in [4.69, 9.17) is 9.47 Å². The molecule has 0 aliphatic rings. The molecule has 112 valence electrons. The van der Waals surface area contributed by atoms with Crippen molar-refractivity contribution in [3.05, 3.63) is 23.9 Å². The van der Waals surface area contributed by atoms with Crippen LogP contribution in [0.4, 0.5) is 5.82 Å². The molecule has 1 amide bonds. The number of rotatable bonds is 10. The standard InChI is InChI=1S/C14H23N3O3/c1-3-6-15-13-5-4-12(11-17-13)14(18)16-7-8-20-10-9-19-2/h4-5,11H,3,6-10H2,1-2H3,(H,15,17)(H,16,18). The van der Waals surface area contributed by atoms with Gasteiger partial charge in [0.2, 0.25) is 0 Å². The minimum Gasteiger partial charge on any atom is -0.382 e. The molecule has 0 aromatic carbocycles. The molecule has 0 spiro atoms. The van der Waals surface area contributed by atoms with Crippen LogP contribution in [0.15, 0.2) is 18.3 Å². The SMILES string of the molecule is CCCNc1ccc(C(=O)NCCOCCOC)cn1. The molecule has 1 rings (SSSR count). The van der Waals surface area contributed by atoms with Crippen LogP contribution in [0.1, 0.15) is 23.7 Å². The van der Waals surface area contributed by atoms with Crippen LogP contribution in [0.2, 0.25) is 0 Å². The number of nitrogens with zero attached hydrogens (tertiary/aromatic N) is 1. The average Bonchev–Trinajstić information content (AvgIpc) is 2.49. The van der Waals surface area contributed by atoms with Crippen molar-refractivity contribution >= 4 is 11.7 Å². The summed E-state index contributed by atoms with van der Waals surface area (Å²) in [6.07, 6.45) is 2.60. The number of nitrogens with one attached hydrogen (secondary N) is 2. The Balaban J connectivity index is 2.25. The normalized spacial score (nSPS) is 10.3. The van der Waals surface area contributed by atoms with E-state index in [0.717, 1.165) is 18.8 Å². The number of hydrogen-bond donors (Lipinski definition) is 2. The van der Waals surface area contributed by atoms with Crippen molar-refractivity contribution in [2.75, 3.05) is 45.3 Å². The van der Waals surface area contributed by atoms with Gasteiger partial charge in [0.05, 0.1) is 25.4 Å². The first-order chi connectivity index (χ1) is 9.77. The Kier molecular flexibility index (Phi) is 8.33. The summed E-state index contributed by atoms with van der Waals surface area (Å²) in [6, 6.07) is 3.56. The van der Waals surface area contributed by atoms with Crippen molar-refractivity contribution < 1.29 is 14.3 Å². The fourth-order valence-electron chi connectivity index (χ4n) is 1.47. The van der Waals surface area contributed by atoms with Crippen LogP contribution in [0.5, 0.6) is 0 Å². The van der Waals surface area contributed by atoms with Crippen LogP contribution in [-0.4, -0.2) is 50.9 Å². The van der Waals surface area contributed by atoms with Gasteiger partial charge in [0, 0.05) is 26.4 Å². The average molecular weight is 281 g/mol. The van der Waals surface area contributed by atoms with Crippen molar-refractivity contribution in [2.24, 2.45) is 0 Å². The first-order valence-corrected chi connectivity index (χ1v) is 6.82. The van der Waals surface area contributed by atoms with Gasteiger partial charge in [-0.3, -0.25) is 4.79 Å². The van der Waals surface area contributed by atoms with Crippen LogP contribution < -0.4 is 10.6 Å². The number of carbonyl (C=O) groups excluding carboxylic acids is 1. The van der Waals surface area contributed by atoms with Crippen molar-refractivity contribution in [3.63, 3.8) is 0 Å². The fraction of sp³-hybridized carbons (Fsp3) is 0.571. The summed E-state index contributed by atoms with van der Waals surface area (Å²) in [5, 5.41) is 5.93. The molecule has 2 N–H and O–H groups in total. The third-order valence-corrected chi connectivity index (χ3v) is 2.55. The van der Waals surface area contributed by atoms with E-state index < -0.39 is 0 Å². The van der Waals surface area contributed by atoms with Crippen molar-refractivity contribution in [1.29, 1.82) is 0 Å². The Bertz CT molecular complexity index is 382. The molecule has 0 saturated carbocycles. The smallest absolute Gasteiger partial charge is 0.252 e. The van der Waals surface area contributed by atoms with Gasteiger partial charge in [0.15, 0.2) is 0 Å². The van der Waals surface area contributed by atoms with E-state index in [9.17, 15) is 4.79 Å². The zero-order valence-corrected chi connectivity index (χ0v) is 12.1. The minimum absolute atomic E-state index is 0.144. The molecular formula is C14H23N3O3. The number of methoxy groups -OCH3 is 1. The number of anilines is 1. The summed E-state index contributed by atoms with van der Waals surface area (Å²) in [7, 11) is 1.62. The Morgan fingerprint density at radius 3 is 2.75 bits per heavy atom. The molecule has 1 heterocycles. The predicted octanol–water partition coefficient (Wildman–Crippen LogP) is 1.30. The second-order valence-electron chi connectivity index (χ2n) is 4.22. The summed E-state index contributed by atoms with van der Waals surface area (Å²) < 4.78 is 10.1. The molecule has 0 aliphatic heterocycles. The molecule has 0 aliphatic carbocycles. The maximum atomic E-state index is 11.8. The summed E-state index contributed by atoms with van der Waals surface area (Å²) >= 11 is 0. The van der Waals surface area contributed by atoms with Gasteiger partial charge in [0.25, 0.3) is 5.91 Å². The molecule has 1 aromatic heterocycles. The fourth-order valence-corrected chi connectivity index (χ4v) is 1.47. The second kappa shape index (κ2) is 10.2. The Labute approximate surface area is 119 Å². The van der Waals surface area contributed by atoms with Gasteiger partial charge in [-0.15, -0.1) is 0 Å². The van der Waals surface area contributed by atoms with Crippen molar-refractivity contribution in [1.82, 2.24) is 10.3 Å². The highest BCUT2D eigenvalue weighted by atomic mass is 16.5. The first kappa shape index (κ1) is 16.4. The number of aromatic nitrogens is 1. The lowest BCUT2D eigenvalue weighted by Crippen LogP contribution is -2.27. The largest absolute Gasteiger partial charge is 0.382 e. The van der Waals surface area contributed by atoms with Gasteiger partial charge >= 0.3 is 0 Å². The maximum Gasteiger partial charge on any atom is 0.252 e. The lowest BCUT2D eigenvalue weighted by molar-refractivity contribution is 0.0692. The highest BCUT2D eigenvalue weighted by Crippen LogP contribution is 2.04. The highest BCUT2D eigenvalue weighted by molar-refractivity contribution is 5.94. The van der Waals surface area contributed by atoms with Gasteiger partial charge in [-0.2, -0.15) is 0 Å². The van der Waals surface area contributed by atoms with Gasteiger partial charge in [-0.1, -0.05) is 6.92 Å². The number of carbonyl (C=O) groups is 1. The highest BCUT2D eigenvalue weighted by Gasteiger charge is 2.05. The third-order valence-electron chi connectivity index (χ3n) is 2.55. The molecule has 0 radical (unpaired) electrons. The molecule has 20 heavy (non-hydrogen) atoms. The van der Waals surface area contributed by atoms with Gasteiger partial charge in [0.1, 0.15) is 5.82 Å². The molecule has 0 atom stereocenters. The van der Waals surface area contributed by atoms with E-state index in [1.54, 1.807) is 25.4 Å². The lowest BCUT2D eigenvalue weighted by atomic mass is 10.2. The topological polar surface area (TPSA) is 72.5 Å². The molecule has 6 heteroatoms. The zero-order chi connectivity index (χ0) is 14.6. The Morgan fingerprint density at radius 1 is 1.25 bits per heavy atom. The van der Waals surface area contributed by atoms with E-state index in [1.807, 2.05) is 0 Å².